The van der Waals surface area contributed by atoms with E-state index in [1.165, 1.54) is 11.1 Å². The van der Waals surface area contributed by atoms with Gasteiger partial charge >= 0.3 is 0 Å². The Balaban J connectivity index is 0.000000142. The molecule has 2 aromatic heterocycles. The molecule has 272 valence electrons. The van der Waals surface area contributed by atoms with Gasteiger partial charge in [0.2, 0.25) is 11.6 Å². The molecule has 4 aliphatic rings. The summed E-state index contributed by atoms with van der Waals surface area (Å²) >= 11 is 0. The molecule has 4 aromatic carbocycles. The molecule has 0 bridgehead atoms. The van der Waals surface area contributed by atoms with Crippen molar-refractivity contribution in [2.75, 3.05) is 13.1 Å². The van der Waals surface area contributed by atoms with E-state index in [0.717, 1.165) is 35.1 Å². The summed E-state index contributed by atoms with van der Waals surface area (Å²) in [6, 6.07) is 35.2. The number of amides is 2. The lowest BCUT2D eigenvalue weighted by molar-refractivity contribution is 0.0714. The molecule has 0 N–H and O–H groups in total. The molecule has 2 amide bonds. The smallest absolute Gasteiger partial charge is 0.293 e. The minimum atomic E-state index is -1.20. The third kappa shape index (κ3) is 6.25. The van der Waals surface area contributed by atoms with Crippen LogP contribution in [0.4, 0.5) is 8.78 Å². The Bertz CT molecular complexity index is 2160. The van der Waals surface area contributed by atoms with Gasteiger partial charge in [0.1, 0.15) is 0 Å². The maximum Gasteiger partial charge on any atom is 0.293 e. The number of rotatable bonds is 4. The molecule has 0 fully saturated rings. The molecule has 0 radical (unpaired) electrons. The Morgan fingerprint density at radius 1 is 0.519 bits per heavy atom. The number of hydrogen-bond donors (Lipinski definition) is 0. The van der Waals surface area contributed by atoms with Crippen molar-refractivity contribution in [2.24, 2.45) is 0 Å². The van der Waals surface area contributed by atoms with Crippen molar-refractivity contribution in [1.82, 2.24) is 39.3 Å². The second-order valence-electron chi connectivity index (χ2n) is 14.2. The summed E-state index contributed by atoms with van der Waals surface area (Å²) < 4.78 is 32.2. The van der Waals surface area contributed by atoms with Crippen LogP contribution in [0.3, 0.4) is 0 Å². The van der Waals surface area contributed by atoms with E-state index in [9.17, 15) is 18.4 Å². The average molecular weight is 725 g/mol. The average Bonchev–Trinajstić information content (AvgIpc) is 4.00. The molecule has 0 aliphatic carbocycles. The molecule has 6 heterocycles. The van der Waals surface area contributed by atoms with Crippen molar-refractivity contribution < 1.29 is 18.4 Å². The highest BCUT2D eigenvalue weighted by atomic mass is 19.1. The number of hydrogen-bond acceptors (Lipinski definition) is 6. The van der Waals surface area contributed by atoms with Crippen molar-refractivity contribution in [3.63, 3.8) is 0 Å². The zero-order valence-electron chi connectivity index (χ0n) is 29.5. The first-order valence-electron chi connectivity index (χ1n) is 18.4. The van der Waals surface area contributed by atoms with Crippen molar-refractivity contribution in [1.29, 1.82) is 0 Å². The zero-order chi connectivity index (χ0) is 36.8. The topological polar surface area (TPSA) is 102 Å². The van der Waals surface area contributed by atoms with Crippen LogP contribution in [0.25, 0.3) is 0 Å². The molecule has 12 heteroatoms. The maximum atomic E-state index is 14.5. The van der Waals surface area contributed by atoms with E-state index in [2.05, 4.69) is 32.3 Å². The highest BCUT2D eigenvalue weighted by molar-refractivity contribution is 5.91. The van der Waals surface area contributed by atoms with Gasteiger partial charge in [-0.15, -0.1) is 10.2 Å². The summed E-state index contributed by atoms with van der Waals surface area (Å²) in [5, 5.41) is 8.81. The fourth-order valence-corrected chi connectivity index (χ4v) is 8.07. The summed E-state index contributed by atoms with van der Waals surface area (Å²) in [4.78, 5) is 37.9. The number of halogens is 2. The van der Waals surface area contributed by atoms with Crippen LogP contribution < -0.4 is 0 Å². The molecular formula is C42H38F2N8O2. The van der Waals surface area contributed by atoms with E-state index >= 15 is 0 Å². The molecule has 0 saturated heterocycles. The van der Waals surface area contributed by atoms with Crippen LogP contribution in [0.5, 0.6) is 0 Å². The van der Waals surface area contributed by atoms with Crippen LogP contribution in [0.2, 0.25) is 0 Å². The largest absolute Gasteiger partial charge is 0.331 e. The van der Waals surface area contributed by atoms with E-state index in [0.29, 0.717) is 39.0 Å². The highest BCUT2D eigenvalue weighted by Crippen LogP contribution is 2.40. The molecule has 4 aliphatic heterocycles. The third-order valence-corrected chi connectivity index (χ3v) is 10.9. The Labute approximate surface area is 311 Å². The van der Waals surface area contributed by atoms with Crippen LogP contribution in [0.15, 0.2) is 109 Å². The monoisotopic (exact) mass is 724 g/mol. The third-order valence-electron chi connectivity index (χ3n) is 10.9. The van der Waals surface area contributed by atoms with Gasteiger partial charge in [-0.25, -0.2) is 28.1 Å². The van der Waals surface area contributed by atoms with Crippen LogP contribution in [-0.2, 0) is 25.9 Å². The SMILES string of the molecule is O=C(c1nc2n(n1)C(c1ccccc1)CC2F)N1CCc2ccccc2C1.O=C(c1nc2n(n1)C(c1ccccc1)CC2F)N1CCc2ccccc2C1. The Morgan fingerprint density at radius 2 is 0.889 bits per heavy atom. The van der Waals surface area contributed by atoms with Gasteiger partial charge in [0.25, 0.3) is 11.8 Å². The fraction of sp³-hybridized carbons (Fsp3) is 0.286. The summed E-state index contributed by atoms with van der Waals surface area (Å²) in [7, 11) is 0. The molecule has 0 spiro atoms. The van der Waals surface area contributed by atoms with Crippen molar-refractivity contribution in [3.05, 3.63) is 166 Å². The van der Waals surface area contributed by atoms with Crippen LogP contribution in [0, 0.1) is 0 Å². The van der Waals surface area contributed by atoms with Crippen LogP contribution in [-0.4, -0.2) is 64.2 Å². The van der Waals surface area contributed by atoms with Gasteiger partial charge in [0.05, 0.1) is 12.1 Å². The number of aromatic nitrogens is 6. The lowest BCUT2D eigenvalue weighted by Crippen LogP contribution is -2.36. The van der Waals surface area contributed by atoms with Gasteiger partial charge in [-0.1, -0.05) is 109 Å². The van der Waals surface area contributed by atoms with Crippen LogP contribution in [0.1, 0.15) is 104 Å². The minimum Gasteiger partial charge on any atom is -0.331 e. The van der Waals surface area contributed by atoms with Gasteiger partial charge < -0.3 is 9.80 Å². The predicted molar refractivity (Wildman–Crippen MR) is 196 cm³/mol. The first-order chi connectivity index (χ1) is 26.4. The van der Waals surface area contributed by atoms with Gasteiger partial charge in [-0.2, -0.15) is 0 Å². The van der Waals surface area contributed by atoms with E-state index < -0.39 is 12.3 Å². The molecule has 4 atom stereocenters. The normalized spacial score (nSPS) is 21.0. The van der Waals surface area contributed by atoms with Crippen molar-refractivity contribution in [2.45, 2.75) is 63.2 Å². The molecule has 10 rings (SSSR count). The number of benzene rings is 4. The Hall–Kier alpha value is -6.04. The van der Waals surface area contributed by atoms with Gasteiger partial charge in [0.15, 0.2) is 24.0 Å². The lowest BCUT2D eigenvalue weighted by atomic mass is 10.00. The minimum absolute atomic E-state index is 0.0904. The molecule has 4 unspecified atom stereocenters. The summed E-state index contributed by atoms with van der Waals surface area (Å²) in [6.45, 7) is 2.34. The first kappa shape index (κ1) is 33.8. The van der Waals surface area contributed by atoms with E-state index in [-0.39, 0.29) is 47.2 Å². The summed E-state index contributed by atoms with van der Waals surface area (Å²) in [6.07, 6.45) is -0.157. The van der Waals surface area contributed by atoms with E-state index in [1.807, 2.05) is 97.1 Å². The molecule has 54 heavy (non-hydrogen) atoms. The van der Waals surface area contributed by atoms with Crippen molar-refractivity contribution in [3.8, 4) is 0 Å². The number of carbonyl (C=O) groups excluding carboxylic acids is 2. The quantitative estimate of drug-likeness (QED) is 0.195. The maximum absolute atomic E-state index is 14.5. The Morgan fingerprint density at radius 3 is 1.30 bits per heavy atom. The molecule has 10 nitrogen and oxygen atoms in total. The van der Waals surface area contributed by atoms with Crippen LogP contribution >= 0.6 is 0 Å². The number of alkyl halides is 2. The number of nitrogens with zero attached hydrogens (tertiary/aromatic N) is 8. The zero-order valence-corrected chi connectivity index (χ0v) is 29.5. The first-order valence-corrected chi connectivity index (χ1v) is 18.4. The predicted octanol–water partition coefficient (Wildman–Crippen LogP) is 6.96. The number of fused-ring (bicyclic) bond motifs is 4. The lowest BCUT2D eigenvalue weighted by Gasteiger charge is -2.27. The molecule has 6 aromatic rings. The van der Waals surface area contributed by atoms with Crippen molar-refractivity contribution >= 4 is 11.8 Å². The van der Waals surface area contributed by atoms with Gasteiger partial charge in [0, 0.05) is 39.0 Å². The second kappa shape index (κ2) is 14.1. The summed E-state index contributed by atoms with van der Waals surface area (Å²) in [5.41, 5.74) is 6.80. The number of carbonyl (C=O) groups is 2. The standard InChI is InChI=1S/2C21H19FN4O/c2*22-17-12-18(15-7-2-1-3-8-15)26-20(17)23-19(24-26)21(27)25-11-10-14-6-4-5-9-16(14)13-25/h2*1-9,17-18H,10-13H2. The van der Waals surface area contributed by atoms with E-state index in [4.69, 9.17) is 0 Å². The van der Waals surface area contributed by atoms with Gasteiger partial charge in [-0.3, -0.25) is 9.59 Å². The molecular weight excluding hydrogens is 687 g/mol. The highest BCUT2D eigenvalue weighted by Gasteiger charge is 2.39. The molecule has 0 saturated carbocycles. The van der Waals surface area contributed by atoms with Gasteiger partial charge in [-0.05, 0) is 46.2 Å². The van der Waals surface area contributed by atoms with E-state index in [1.54, 1.807) is 19.2 Å². The summed E-state index contributed by atoms with van der Waals surface area (Å²) in [5.74, 6) is 0.227. The Kier molecular flexibility index (Phi) is 8.80. The fourth-order valence-electron chi connectivity index (χ4n) is 8.07. The second-order valence-corrected chi connectivity index (χ2v) is 14.2.